The van der Waals surface area contributed by atoms with Crippen LogP contribution < -0.4 is 0 Å². The Labute approximate surface area is 91.9 Å². The van der Waals surface area contributed by atoms with Gasteiger partial charge in [0.15, 0.2) is 0 Å². The summed E-state index contributed by atoms with van der Waals surface area (Å²) < 4.78 is 0. The van der Waals surface area contributed by atoms with Crippen molar-refractivity contribution >= 4 is 70.5 Å². The van der Waals surface area contributed by atoms with Gasteiger partial charge in [-0.2, -0.15) is 11.3 Å². The third-order valence-electron chi connectivity index (χ3n) is 0.425. The number of hydrogen-bond donors (Lipinski definition) is 0. The summed E-state index contributed by atoms with van der Waals surface area (Å²) in [5.74, 6) is 0. The molecule has 1 aromatic heterocycles. The Morgan fingerprint density at radius 3 is 1.43 bits per heavy atom. The summed E-state index contributed by atoms with van der Waals surface area (Å²) in [6.07, 6.45) is 0. The van der Waals surface area contributed by atoms with E-state index in [1.165, 1.54) is 0 Å². The van der Waals surface area contributed by atoms with Crippen LogP contribution in [-0.2, 0) is 0 Å². The molecule has 0 bridgehead atoms. The molecule has 0 saturated heterocycles. The summed E-state index contributed by atoms with van der Waals surface area (Å²) in [5, 5.41) is 4.08. The van der Waals surface area contributed by atoms with Crippen molar-refractivity contribution in [2.24, 2.45) is 0 Å². The molecule has 2 radical (unpaired) electrons. The van der Waals surface area contributed by atoms with E-state index in [9.17, 15) is 0 Å². The summed E-state index contributed by atoms with van der Waals surface area (Å²) in [4.78, 5) is 0. The molecule has 0 aliphatic rings. The zero-order valence-electron chi connectivity index (χ0n) is 4.72. The second-order valence-corrected chi connectivity index (χ2v) is 1.61. The first-order chi connectivity index (χ1) is 2.50. The van der Waals surface area contributed by atoms with Gasteiger partial charge in [0.05, 0.1) is 0 Å². The van der Waals surface area contributed by atoms with Gasteiger partial charge in [-0.3, -0.25) is 0 Å². The van der Waals surface area contributed by atoms with Crippen LogP contribution in [0.5, 0.6) is 0 Å². The zero-order valence-corrected chi connectivity index (χ0v) is 9.53. The number of rotatable bonds is 0. The van der Waals surface area contributed by atoms with Crippen molar-refractivity contribution in [1.82, 2.24) is 0 Å². The van der Waals surface area contributed by atoms with Crippen molar-refractivity contribution in [2.75, 3.05) is 0 Å². The van der Waals surface area contributed by atoms with E-state index in [0.717, 1.165) is 0 Å². The average molecular weight is 130 g/mol. The first kappa shape index (κ1) is 11.5. The normalized spacial score (nSPS) is 5.71. The Morgan fingerprint density at radius 1 is 0.857 bits per heavy atom. The molecule has 0 aromatic carbocycles. The molecule has 0 atom stereocenters. The van der Waals surface area contributed by atoms with Crippen molar-refractivity contribution < 1.29 is 0 Å². The maximum absolute atomic E-state index is 2.04. The molecule has 0 fully saturated rings. The van der Waals surface area contributed by atoms with E-state index in [1.807, 2.05) is 22.9 Å². The molecule has 0 saturated carbocycles. The first-order valence-electron chi connectivity index (χ1n) is 1.47. The molecule has 0 aliphatic carbocycles. The van der Waals surface area contributed by atoms with Crippen LogP contribution >= 0.6 is 11.3 Å². The van der Waals surface area contributed by atoms with Crippen LogP contribution in [0.1, 0.15) is 0 Å². The molecule has 1 heterocycles. The van der Waals surface area contributed by atoms with Gasteiger partial charge in [0.25, 0.3) is 0 Å². The van der Waals surface area contributed by atoms with Gasteiger partial charge in [-0.15, -0.1) is 0 Å². The van der Waals surface area contributed by atoms with E-state index >= 15 is 0 Å². The van der Waals surface area contributed by atoms with Gasteiger partial charge in [-0.1, -0.05) is 12.1 Å². The Bertz CT molecular complexity index is 66.2. The van der Waals surface area contributed by atoms with Crippen molar-refractivity contribution in [3.8, 4) is 0 Å². The quantitative estimate of drug-likeness (QED) is 0.459. The van der Waals surface area contributed by atoms with Crippen LogP contribution in [0.2, 0.25) is 0 Å². The monoisotopic (exact) mass is 130 g/mol. The first-order valence-corrected chi connectivity index (χ1v) is 2.41. The molecule has 0 unspecified atom stereocenters. The summed E-state index contributed by atoms with van der Waals surface area (Å²) in [6.45, 7) is 0. The van der Waals surface area contributed by atoms with Gasteiger partial charge >= 0.3 is 0 Å². The molecule has 0 N–H and O–H groups in total. The fourth-order valence-corrected chi connectivity index (χ4v) is 0.680. The number of hydrogen-bond acceptors (Lipinski definition) is 1. The second kappa shape index (κ2) is 7.70. The summed E-state index contributed by atoms with van der Waals surface area (Å²) >= 11 is 1.71. The smallest absolute Gasteiger partial charge is 0 e. The molecule has 28 valence electrons. The summed E-state index contributed by atoms with van der Waals surface area (Å²) in [5.41, 5.74) is 0. The van der Waals surface area contributed by atoms with Gasteiger partial charge in [-0.05, 0) is 10.8 Å². The van der Waals surface area contributed by atoms with Crippen LogP contribution in [-0.4, -0.2) is 59.1 Å². The Hall–Kier alpha value is 1.70. The maximum Gasteiger partial charge on any atom is 0 e. The third-order valence-corrected chi connectivity index (χ3v) is 1.05. The van der Waals surface area contributed by atoms with Crippen molar-refractivity contribution in [2.45, 2.75) is 0 Å². The van der Waals surface area contributed by atoms with E-state index in [2.05, 4.69) is 0 Å². The van der Waals surface area contributed by atoms with Crippen molar-refractivity contribution in [3.05, 3.63) is 22.9 Å². The molecular weight excluding hydrogens is 126 g/mol. The van der Waals surface area contributed by atoms with Crippen molar-refractivity contribution in [3.63, 3.8) is 0 Å². The van der Waals surface area contributed by atoms with E-state index in [1.54, 1.807) is 11.3 Å². The van der Waals surface area contributed by atoms with Gasteiger partial charge in [0.1, 0.15) is 0 Å². The number of thiophene rings is 1. The fourth-order valence-electron chi connectivity index (χ4n) is 0.227. The molecule has 0 amide bonds. The fraction of sp³-hybridized carbons (Fsp3) is 0. The van der Waals surface area contributed by atoms with E-state index in [-0.39, 0.29) is 59.1 Å². The minimum atomic E-state index is 0. The van der Waals surface area contributed by atoms with Gasteiger partial charge in [0, 0.05) is 59.1 Å². The Morgan fingerprint density at radius 2 is 1.29 bits per heavy atom. The molecule has 1 aromatic rings. The van der Waals surface area contributed by atoms with Gasteiger partial charge in [0.2, 0.25) is 0 Å². The largest absolute Gasteiger partial charge is 0.152 e. The summed E-state index contributed by atoms with van der Waals surface area (Å²) in [7, 11) is 0. The molecular formula is C4H4Na2S. The Balaban J connectivity index is 0. The maximum atomic E-state index is 2.04. The van der Waals surface area contributed by atoms with Gasteiger partial charge < -0.3 is 0 Å². The third kappa shape index (κ3) is 5.57. The zero-order chi connectivity index (χ0) is 3.54. The second-order valence-electron chi connectivity index (χ2n) is 0.793. The minimum absolute atomic E-state index is 0. The molecule has 0 spiro atoms. The van der Waals surface area contributed by atoms with Crippen LogP contribution in [0.25, 0.3) is 0 Å². The predicted molar refractivity (Wildman–Crippen MR) is 35.8 cm³/mol. The van der Waals surface area contributed by atoms with E-state index in [0.29, 0.717) is 0 Å². The molecule has 7 heavy (non-hydrogen) atoms. The molecule has 0 nitrogen and oxygen atoms in total. The SMILES string of the molecule is [Na].[Na].c1ccsc1. The van der Waals surface area contributed by atoms with Gasteiger partial charge in [-0.25, -0.2) is 0 Å². The topological polar surface area (TPSA) is 0 Å². The summed E-state index contributed by atoms with van der Waals surface area (Å²) in [6, 6.07) is 4.04. The van der Waals surface area contributed by atoms with Crippen LogP contribution in [0.3, 0.4) is 0 Å². The predicted octanol–water partition coefficient (Wildman–Crippen LogP) is 0.987. The van der Waals surface area contributed by atoms with E-state index in [4.69, 9.17) is 0 Å². The van der Waals surface area contributed by atoms with Crippen LogP contribution in [0.4, 0.5) is 0 Å². The van der Waals surface area contributed by atoms with Crippen LogP contribution in [0.15, 0.2) is 22.9 Å². The minimum Gasteiger partial charge on any atom is -0.152 e. The molecule has 3 heteroatoms. The van der Waals surface area contributed by atoms with Crippen molar-refractivity contribution in [1.29, 1.82) is 0 Å². The van der Waals surface area contributed by atoms with Crippen LogP contribution in [0, 0.1) is 0 Å². The molecule has 1 rings (SSSR count). The van der Waals surface area contributed by atoms with E-state index < -0.39 is 0 Å². The Kier molecular flexibility index (Phi) is 12.6. The molecule has 0 aliphatic heterocycles. The standard InChI is InChI=1S/C4H4S.2Na/c1-2-4-5-3-1;;/h1-4H;;. The average Bonchev–Trinajstić information content (AvgIpc) is 1.76.